The van der Waals surface area contributed by atoms with E-state index < -0.39 is 8.32 Å². The minimum absolute atomic E-state index is 0.248. The quantitative estimate of drug-likeness (QED) is 0.567. The van der Waals surface area contributed by atoms with Crippen molar-refractivity contribution < 1.29 is 4.43 Å². The molecule has 1 nitrogen and oxygen atoms in total. The molecule has 0 atom stereocenters. The van der Waals surface area contributed by atoms with Gasteiger partial charge in [0.15, 0.2) is 8.32 Å². The molecular weight excluding hydrogens is 236 g/mol. The second-order valence-corrected chi connectivity index (χ2v) is 11.0. The van der Waals surface area contributed by atoms with E-state index in [1.807, 2.05) is 12.1 Å². The minimum atomic E-state index is -1.66. The van der Waals surface area contributed by atoms with Crippen LogP contribution in [0.4, 0.5) is 0 Å². The molecule has 0 spiro atoms. The van der Waals surface area contributed by atoms with Crippen LogP contribution in [0.2, 0.25) is 18.1 Å². The van der Waals surface area contributed by atoms with Crippen molar-refractivity contribution in [3.8, 4) is 11.8 Å². The molecule has 1 rings (SSSR count). The van der Waals surface area contributed by atoms with Crippen LogP contribution >= 0.6 is 0 Å². The van der Waals surface area contributed by atoms with Crippen molar-refractivity contribution in [1.29, 1.82) is 0 Å². The van der Waals surface area contributed by atoms with Crippen LogP contribution < -0.4 is 0 Å². The Balaban J connectivity index is 2.58. The van der Waals surface area contributed by atoms with Crippen molar-refractivity contribution in [2.45, 2.75) is 45.8 Å². The van der Waals surface area contributed by atoms with Crippen molar-refractivity contribution in [2.75, 3.05) is 6.61 Å². The number of aryl methyl sites for hydroxylation is 1. The van der Waals surface area contributed by atoms with Crippen molar-refractivity contribution in [2.24, 2.45) is 0 Å². The first-order valence-electron chi connectivity index (χ1n) is 6.42. The molecule has 18 heavy (non-hydrogen) atoms. The van der Waals surface area contributed by atoms with E-state index in [2.05, 4.69) is 64.8 Å². The smallest absolute Gasteiger partial charge is 0.193 e. The molecular formula is C16H24OSi. The summed E-state index contributed by atoms with van der Waals surface area (Å²) in [7, 11) is -1.66. The molecule has 0 amide bonds. The molecule has 0 fully saturated rings. The number of hydrogen-bond acceptors (Lipinski definition) is 1. The van der Waals surface area contributed by atoms with Gasteiger partial charge in [-0.3, -0.25) is 0 Å². The summed E-state index contributed by atoms with van der Waals surface area (Å²) in [5, 5.41) is 0.248. The Hall–Kier alpha value is -1.04. The lowest BCUT2D eigenvalue weighted by Crippen LogP contribution is -2.40. The number of rotatable bonds is 2. The van der Waals surface area contributed by atoms with Gasteiger partial charge in [-0.2, -0.15) is 0 Å². The van der Waals surface area contributed by atoms with E-state index in [0.29, 0.717) is 6.61 Å². The highest BCUT2D eigenvalue weighted by molar-refractivity contribution is 6.74. The topological polar surface area (TPSA) is 9.23 Å². The van der Waals surface area contributed by atoms with Crippen LogP contribution in [0.15, 0.2) is 24.3 Å². The van der Waals surface area contributed by atoms with Crippen LogP contribution in [0.5, 0.6) is 0 Å². The fourth-order valence-corrected chi connectivity index (χ4v) is 2.16. The predicted molar refractivity (Wildman–Crippen MR) is 81.2 cm³/mol. The SMILES string of the molecule is Cc1cccc(C#CCO[Si](C)(C)C(C)(C)C)c1. The fraction of sp³-hybridized carbons (Fsp3) is 0.500. The molecule has 0 heterocycles. The van der Waals surface area contributed by atoms with Crippen LogP contribution in [-0.4, -0.2) is 14.9 Å². The van der Waals surface area contributed by atoms with Crippen molar-refractivity contribution in [3.63, 3.8) is 0 Å². The summed E-state index contributed by atoms with van der Waals surface area (Å²) in [4.78, 5) is 0. The summed E-state index contributed by atoms with van der Waals surface area (Å²) >= 11 is 0. The van der Waals surface area contributed by atoms with E-state index in [-0.39, 0.29) is 5.04 Å². The van der Waals surface area contributed by atoms with Crippen molar-refractivity contribution in [3.05, 3.63) is 35.4 Å². The summed E-state index contributed by atoms with van der Waals surface area (Å²) in [5.74, 6) is 6.28. The lowest BCUT2D eigenvalue weighted by Gasteiger charge is -2.35. The monoisotopic (exact) mass is 260 g/mol. The molecule has 98 valence electrons. The Kier molecular flexibility index (Phi) is 4.78. The number of benzene rings is 1. The Labute approximate surface area is 113 Å². The first-order valence-corrected chi connectivity index (χ1v) is 9.33. The Morgan fingerprint density at radius 3 is 2.44 bits per heavy atom. The van der Waals surface area contributed by atoms with Gasteiger partial charge in [-0.25, -0.2) is 0 Å². The maximum Gasteiger partial charge on any atom is 0.193 e. The first kappa shape index (κ1) is 15.0. The summed E-state index contributed by atoms with van der Waals surface area (Å²) < 4.78 is 6.01. The summed E-state index contributed by atoms with van der Waals surface area (Å²) in [6.07, 6.45) is 0. The molecule has 0 aliphatic rings. The van der Waals surface area contributed by atoms with E-state index in [9.17, 15) is 0 Å². The second kappa shape index (κ2) is 5.73. The van der Waals surface area contributed by atoms with Gasteiger partial charge in [-0.1, -0.05) is 44.7 Å². The zero-order valence-electron chi connectivity index (χ0n) is 12.4. The molecule has 0 aliphatic carbocycles. The van der Waals surface area contributed by atoms with Gasteiger partial charge in [-0.05, 0) is 42.8 Å². The Bertz CT molecular complexity index is 458. The molecule has 0 aromatic heterocycles. The average molecular weight is 260 g/mol. The average Bonchev–Trinajstić information content (AvgIpc) is 2.23. The zero-order valence-corrected chi connectivity index (χ0v) is 13.4. The Morgan fingerprint density at radius 2 is 1.89 bits per heavy atom. The van der Waals surface area contributed by atoms with E-state index in [1.165, 1.54) is 5.56 Å². The molecule has 0 radical (unpaired) electrons. The van der Waals surface area contributed by atoms with Crippen LogP contribution in [0.25, 0.3) is 0 Å². The molecule has 0 N–H and O–H groups in total. The molecule has 0 saturated heterocycles. The number of hydrogen-bond donors (Lipinski definition) is 0. The minimum Gasteiger partial charge on any atom is -0.406 e. The van der Waals surface area contributed by atoms with Crippen LogP contribution in [0.1, 0.15) is 31.9 Å². The highest BCUT2D eigenvalue weighted by atomic mass is 28.4. The molecule has 0 aliphatic heterocycles. The molecule has 1 aromatic rings. The van der Waals surface area contributed by atoms with Gasteiger partial charge < -0.3 is 4.43 Å². The van der Waals surface area contributed by atoms with Crippen LogP contribution in [0.3, 0.4) is 0 Å². The largest absolute Gasteiger partial charge is 0.406 e. The first-order chi connectivity index (χ1) is 8.22. The lowest BCUT2D eigenvalue weighted by atomic mass is 10.1. The van der Waals surface area contributed by atoms with Crippen LogP contribution in [0, 0.1) is 18.8 Å². The van der Waals surface area contributed by atoms with Gasteiger partial charge in [0.25, 0.3) is 0 Å². The van der Waals surface area contributed by atoms with Gasteiger partial charge in [0.1, 0.15) is 0 Å². The Morgan fingerprint density at radius 1 is 1.22 bits per heavy atom. The normalized spacial score (nSPS) is 11.9. The van der Waals surface area contributed by atoms with E-state index >= 15 is 0 Å². The highest BCUT2D eigenvalue weighted by Crippen LogP contribution is 2.36. The predicted octanol–water partition coefficient (Wildman–Crippen LogP) is 4.37. The maximum absolute atomic E-state index is 6.01. The lowest BCUT2D eigenvalue weighted by molar-refractivity contribution is 0.334. The molecule has 0 bridgehead atoms. The van der Waals surface area contributed by atoms with Gasteiger partial charge in [-0.15, -0.1) is 0 Å². The van der Waals surface area contributed by atoms with Gasteiger partial charge in [0, 0.05) is 5.56 Å². The second-order valence-electron chi connectivity index (χ2n) is 6.22. The molecule has 2 heteroatoms. The molecule has 1 aromatic carbocycles. The fourth-order valence-electron chi connectivity index (χ4n) is 1.29. The highest BCUT2D eigenvalue weighted by Gasteiger charge is 2.36. The maximum atomic E-state index is 6.01. The third-order valence-electron chi connectivity index (χ3n) is 3.56. The molecule has 0 unspecified atom stereocenters. The van der Waals surface area contributed by atoms with Gasteiger partial charge in [0.2, 0.25) is 0 Å². The summed E-state index contributed by atoms with van der Waals surface area (Å²) in [5.41, 5.74) is 2.31. The van der Waals surface area contributed by atoms with E-state index in [0.717, 1.165) is 5.56 Å². The van der Waals surface area contributed by atoms with E-state index in [1.54, 1.807) is 0 Å². The van der Waals surface area contributed by atoms with E-state index in [4.69, 9.17) is 4.43 Å². The molecule has 0 saturated carbocycles. The summed E-state index contributed by atoms with van der Waals surface area (Å²) in [6, 6.07) is 8.25. The van der Waals surface area contributed by atoms with Crippen molar-refractivity contribution in [1.82, 2.24) is 0 Å². The van der Waals surface area contributed by atoms with Gasteiger partial charge >= 0.3 is 0 Å². The third kappa shape index (κ3) is 4.32. The third-order valence-corrected chi connectivity index (χ3v) is 8.04. The van der Waals surface area contributed by atoms with Crippen LogP contribution in [-0.2, 0) is 4.43 Å². The standard InChI is InChI=1S/C16H24OSi/c1-14-9-7-10-15(13-14)11-8-12-17-18(5,6)16(2,3)4/h7,9-10,13H,12H2,1-6H3. The van der Waals surface area contributed by atoms with Crippen molar-refractivity contribution >= 4 is 8.32 Å². The summed E-state index contributed by atoms with van der Waals surface area (Å²) in [6.45, 7) is 13.8. The van der Waals surface area contributed by atoms with Gasteiger partial charge in [0.05, 0.1) is 6.61 Å². The zero-order chi connectivity index (χ0) is 13.8.